The molecule has 3 rings (SSSR count). The molecule has 128 valence electrons. The zero-order valence-electron chi connectivity index (χ0n) is 15.4. The quantitative estimate of drug-likeness (QED) is 0.828. The van der Waals surface area contributed by atoms with Gasteiger partial charge in [-0.05, 0) is 88.0 Å². The van der Waals surface area contributed by atoms with Crippen molar-refractivity contribution >= 4 is 11.5 Å². The van der Waals surface area contributed by atoms with Gasteiger partial charge in [0.05, 0.1) is 0 Å². The Morgan fingerprint density at radius 3 is 2.38 bits per heavy atom. The number of aryl methyl sites for hydroxylation is 1. The molecule has 1 fully saturated rings. The summed E-state index contributed by atoms with van der Waals surface area (Å²) in [5.41, 5.74) is 6.41. The van der Waals surface area contributed by atoms with Crippen molar-refractivity contribution in [2.24, 2.45) is 0 Å². The van der Waals surface area contributed by atoms with Crippen LogP contribution in [0.15, 0.2) is 30.5 Å². The highest BCUT2D eigenvalue weighted by Crippen LogP contribution is 2.27. The first-order chi connectivity index (χ1) is 11.6. The van der Waals surface area contributed by atoms with E-state index < -0.39 is 0 Å². The third kappa shape index (κ3) is 3.62. The average Bonchev–Trinajstić information content (AvgIpc) is 2.63. The fourth-order valence-corrected chi connectivity index (χ4v) is 3.47. The molecule has 1 atom stereocenters. The van der Waals surface area contributed by atoms with Gasteiger partial charge in [-0.15, -0.1) is 0 Å². The van der Waals surface area contributed by atoms with Gasteiger partial charge in [-0.1, -0.05) is 18.6 Å². The highest BCUT2D eigenvalue weighted by Gasteiger charge is 2.18. The lowest BCUT2D eigenvalue weighted by atomic mass is 10.0. The summed E-state index contributed by atoms with van der Waals surface area (Å²) in [6.07, 6.45) is 6.05. The van der Waals surface area contributed by atoms with Gasteiger partial charge in [-0.25, -0.2) is 4.98 Å². The Kier molecular flexibility index (Phi) is 5.20. The molecule has 3 heteroatoms. The topological polar surface area (TPSA) is 28.2 Å². The second-order valence-electron chi connectivity index (χ2n) is 7.05. The molecule has 3 nitrogen and oxygen atoms in total. The lowest BCUT2D eigenvalue weighted by Crippen LogP contribution is -2.32. The molecule has 1 N–H and O–H groups in total. The SMILES string of the molecule is Cc1ccc(Nc2ccc(C(C)N3CCCCC3)cn2)c(C)c1C. The number of hydrogen-bond acceptors (Lipinski definition) is 3. The highest BCUT2D eigenvalue weighted by atomic mass is 15.2. The molecule has 0 spiro atoms. The Morgan fingerprint density at radius 1 is 0.958 bits per heavy atom. The lowest BCUT2D eigenvalue weighted by molar-refractivity contribution is 0.174. The molecule has 0 saturated carbocycles. The Labute approximate surface area is 146 Å². The Bertz CT molecular complexity index is 685. The molecular formula is C21H29N3. The zero-order chi connectivity index (χ0) is 17.1. The van der Waals surface area contributed by atoms with Gasteiger partial charge in [0.2, 0.25) is 0 Å². The minimum atomic E-state index is 0.454. The second kappa shape index (κ2) is 7.35. The Hall–Kier alpha value is -1.87. The first-order valence-electron chi connectivity index (χ1n) is 9.10. The zero-order valence-corrected chi connectivity index (χ0v) is 15.4. The van der Waals surface area contributed by atoms with Crippen LogP contribution in [0.1, 0.15) is 54.5 Å². The van der Waals surface area contributed by atoms with Gasteiger partial charge in [-0.2, -0.15) is 0 Å². The average molecular weight is 323 g/mol. The molecule has 0 amide bonds. The van der Waals surface area contributed by atoms with Crippen molar-refractivity contribution < 1.29 is 0 Å². The number of nitrogens with zero attached hydrogens (tertiary/aromatic N) is 2. The molecule has 1 aromatic heterocycles. The molecule has 0 aliphatic carbocycles. The molecule has 0 bridgehead atoms. The lowest BCUT2D eigenvalue weighted by Gasteiger charge is -2.32. The van der Waals surface area contributed by atoms with Crippen molar-refractivity contribution in [3.63, 3.8) is 0 Å². The summed E-state index contributed by atoms with van der Waals surface area (Å²) in [6.45, 7) is 11.2. The van der Waals surface area contributed by atoms with Crippen LogP contribution in [0.5, 0.6) is 0 Å². The van der Waals surface area contributed by atoms with E-state index in [-0.39, 0.29) is 0 Å². The molecular weight excluding hydrogens is 294 g/mol. The highest BCUT2D eigenvalue weighted by molar-refractivity contribution is 5.63. The summed E-state index contributed by atoms with van der Waals surface area (Å²) in [5, 5.41) is 3.46. The summed E-state index contributed by atoms with van der Waals surface area (Å²) in [5.74, 6) is 0.913. The van der Waals surface area contributed by atoms with Crippen LogP contribution in [0.2, 0.25) is 0 Å². The van der Waals surface area contributed by atoms with Crippen LogP contribution in [0.25, 0.3) is 0 Å². The van der Waals surface area contributed by atoms with Gasteiger partial charge in [0.15, 0.2) is 0 Å². The van der Waals surface area contributed by atoms with Crippen LogP contribution in [-0.2, 0) is 0 Å². The molecule has 0 radical (unpaired) electrons. The summed E-state index contributed by atoms with van der Waals surface area (Å²) in [7, 11) is 0. The van der Waals surface area contributed by atoms with Gasteiger partial charge < -0.3 is 5.32 Å². The first kappa shape index (κ1) is 17.0. The van der Waals surface area contributed by atoms with Crippen LogP contribution < -0.4 is 5.32 Å². The van der Waals surface area contributed by atoms with Crippen LogP contribution in [0.3, 0.4) is 0 Å². The molecule has 1 aliphatic heterocycles. The first-order valence-corrected chi connectivity index (χ1v) is 9.10. The maximum atomic E-state index is 4.65. The number of anilines is 2. The van der Waals surface area contributed by atoms with Crippen molar-refractivity contribution in [1.82, 2.24) is 9.88 Å². The van der Waals surface area contributed by atoms with Crippen LogP contribution >= 0.6 is 0 Å². The number of likely N-dealkylation sites (tertiary alicyclic amines) is 1. The smallest absolute Gasteiger partial charge is 0.130 e. The van der Waals surface area contributed by atoms with E-state index >= 15 is 0 Å². The van der Waals surface area contributed by atoms with Crippen molar-refractivity contribution in [1.29, 1.82) is 0 Å². The van der Waals surface area contributed by atoms with E-state index in [1.165, 1.54) is 54.6 Å². The molecule has 2 aromatic rings. The predicted octanol–water partition coefficient (Wildman–Crippen LogP) is 5.30. The maximum Gasteiger partial charge on any atom is 0.130 e. The summed E-state index contributed by atoms with van der Waals surface area (Å²) in [4.78, 5) is 7.22. The van der Waals surface area contributed by atoms with E-state index in [1.54, 1.807) is 0 Å². The normalized spacial score (nSPS) is 16.8. The number of nitrogens with one attached hydrogen (secondary N) is 1. The summed E-state index contributed by atoms with van der Waals surface area (Å²) >= 11 is 0. The van der Waals surface area contributed by atoms with Crippen LogP contribution in [0.4, 0.5) is 11.5 Å². The van der Waals surface area contributed by atoms with Gasteiger partial charge in [-0.3, -0.25) is 4.90 Å². The summed E-state index contributed by atoms with van der Waals surface area (Å²) < 4.78 is 0. The van der Waals surface area contributed by atoms with Crippen molar-refractivity contribution in [2.45, 2.75) is 53.0 Å². The van der Waals surface area contributed by atoms with Gasteiger partial charge in [0.1, 0.15) is 5.82 Å². The number of piperidine rings is 1. The minimum absolute atomic E-state index is 0.454. The molecule has 1 aromatic carbocycles. The third-order valence-corrected chi connectivity index (χ3v) is 5.53. The fourth-order valence-electron chi connectivity index (χ4n) is 3.47. The maximum absolute atomic E-state index is 4.65. The molecule has 1 unspecified atom stereocenters. The molecule has 1 aliphatic rings. The number of rotatable bonds is 4. The van der Waals surface area contributed by atoms with E-state index in [2.05, 4.69) is 67.2 Å². The summed E-state index contributed by atoms with van der Waals surface area (Å²) in [6, 6.07) is 9.08. The number of pyridine rings is 1. The Morgan fingerprint density at radius 2 is 1.71 bits per heavy atom. The molecule has 24 heavy (non-hydrogen) atoms. The van der Waals surface area contributed by atoms with E-state index in [0.29, 0.717) is 6.04 Å². The van der Waals surface area contributed by atoms with Crippen molar-refractivity contribution in [3.05, 3.63) is 52.7 Å². The monoisotopic (exact) mass is 323 g/mol. The van der Waals surface area contributed by atoms with E-state index in [9.17, 15) is 0 Å². The minimum Gasteiger partial charge on any atom is -0.340 e. The molecule has 1 saturated heterocycles. The van der Waals surface area contributed by atoms with Gasteiger partial charge in [0.25, 0.3) is 0 Å². The Balaban J connectivity index is 1.71. The van der Waals surface area contributed by atoms with Crippen molar-refractivity contribution in [3.8, 4) is 0 Å². The van der Waals surface area contributed by atoms with Crippen LogP contribution in [-0.4, -0.2) is 23.0 Å². The van der Waals surface area contributed by atoms with Crippen molar-refractivity contribution in [2.75, 3.05) is 18.4 Å². The second-order valence-corrected chi connectivity index (χ2v) is 7.05. The van der Waals surface area contributed by atoms with Gasteiger partial charge >= 0.3 is 0 Å². The third-order valence-electron chi connectivity index (χ3n) is 5.53. The van der Waals surface area contributed by atoms with E-state index in [1.807, 2.05) is 6.20 Å². The van der Waals surface area contributed by atoms with Crippen LogP contribution in [0, 0.1) is 20.8 Å². The predicted molar refractivity (Wildman–Crippen MR) is 102 cm³/mol. The largest absolute Gasteiger partial charge is 0.340 e. The standard InChI is InChI=1S/C21H29N3/c1-15-8-10-20(17(3)16(15)2)23-21-11-9-19(14-22-21)18(4)24-12-6-5-7-13-24/h8-11,14,18H,5-7,12-13H2,1-4H3,(H,22,23). The van der Waals surface area contributed by atoms with Gasteiger partial charge in [0, 0.05) is 17.9 Å². The number of benzene rings is 1. The van der Waals surface area contributed by atoms with E-state index in [0.717, 1.165) is 11.5 Å². The molecule has 2 heterocycles. The number of hydrogen-bond donors (Lipinski definition) is 1. The van der Waals surface area contributed by atoms with E-state index in [4.69, 9.17) is 0 Å². The number of aromatic nitrogens is 1. The fraction of sp³-hybridized carbons (Fsp3) is 0.476.